The second kappa shape index (κ2) is 11.4. The van der Waals surface area contributed by atoms with Crippen LogP contribution in [0.1, 0.15) is 43.9 Å². The summed E-state index contributed by atoms with van der Waals surface area (Å²) in [5.74, 6) is -0.394. The number of hydrogen-bond acceptors (Lipinski definition) is 6. The first kappa shape index (κ1) is 23.5. The standard InChI is InChI=1S/C24H26N2O5/c1-5-9-20(18-10-7-6-8-11-18)26-24(28)19(15-25)12-17-13-21(29-3)23(31-16(2)27)22(14-17)30-4/h6-8,10-14,20H,5,9H2,1-4H3,(H,26,28)/b19-12+/t20-/m0/s1. The molecule has 0 aliphatic carbocycles. The predicted molar refractivity (Wildman–Crippen MR) is 117 cm³/mol. The van der Waals surface area contributed by atoms with E-state index in [0.717, 1.165) is 18.4 Å². The Hall–Kier alpha value is -3.79. The van der Waals surface area contributed by atoms with Crippen molar-refractivity contribution in [2.75, 3.05) is 14.2 Å². The number of benzene rings is 2. The zero-order chi connectivity index (χ0) is 22.8. The quantitative estimate of drug-likeness (QED) is 0.282. The molecule has 0 heterocycles. The molecule has 7 nitrogen and oxygen atoms in total. The van der Waals surface area contributed by atoms with E-state index in [0.29, 0.717) is 5.56 Å². The van der Waals surface area contributed by atoms with Crippen molar-refractivity contribution in [3.8, 4) is 23.3 Å². The van der Waals surface area contributed by atoms with Crippen LogP contribution in [0.15, 0.2) is 48.0 Å². The third kappa shape index (κ3) is 6.34. The lowest BCUT2D eigenvalue weighted by Crippen LogP contribution is -2.29. The minimum atomic E-state index is -0.528. The van der Waals surface area contributed by atoms with Crippen LogP contribution in [0.2, 0.25) is 0 Å². The van der Waals surface area contributed by atoms with E-state index in [9.17, 15) is 14.9 Å². The highest BCUT2D eigenvalue weighted by atomic mass is 16.6. The van der Waals surface area contributed by atoms with Crippen LogP contribution in [-0.2, 0) is 9.59 Å². The largest absolute Gasteiger partial charge is 0.493 e. The van der Waals surface area contributed by atoms with Gasteiger partial charge >= 0.3 is 5.97 Å². The van der Waals surface area contributed by atoms with Crippen molar-refractivity contribution in [1.82, 2.24) is 5.32 Å². The van der Waals surface area contributed by atoms with Gasteiger partial charge in [-0.1, -0.05) is 43.7 Å². The molecule has 0 aliphatic rings. The predicted octanol–water partition coefficient (Wildman–Crippen LogP) is 4.19. The first-order valence-electron chi connectivity index (χ1n) is 9.85. The summed E-state index contributed by atoms with van der Waals surface area (Å²) >= 11 is 0. The van der Waals surface area contributed by atoms with Gasteiger partial charge in [-0.15, -0.1) is 0 Å². The highest BCUT2D eigenvalue weighted by Crippen LogP contribution is 2.39. The fourth-order valence-electron chi connectivity index (χ4n) is 3.08. The molecular weight excluding hydrogens is 396 g/mol. The van der Waals surface area contributed by atoms with Crippen molar-refractivity contribution in [3.05, 3.63) is 59.2 Å². The van der Waals surface area contributed by atoms with Crippen molar-refractivity contribution >= 4 is 18.0 Å². The monoisotopic (exact) mass is 422 g/mol. The van der Waals surface area contributed by atoms with Crippen LogP contribution in [0.4, 0.5) is 0 Å². The molecule has 0 spiro atoms. The number of carbonyl (C=O) groups excluding carboxylic acids is 2. The molecule has 2 aromatic carbocycles. The minimum Gasteiger partial charge on any atom is -0.493 e. The molecule has 0 aliphatic heterocycles. The van der Waals surface area contributed by atoms with E-state index in [2.05, 4.69) is 5.32 Å². The van der Waals surface area contributed by atoms with E-state index in [1.807, 2.05) is 43.3 Å². The summed E-state index contributed by atoms with van der Waals surface area (Å²) in [5, 5.41) is 12.5. The second-order valence-corrected chi connectivity index (χ2v) is 6.74. The van der Waals surface area contributed by atoms with Gasteiger partial charge in [0.1, 0.15) is 11.6 Å². The fourth-order valence-corrected chi connectivity index (χ4v) is 3.08. The molecular formula is C24H26N2O5. The molecule has 2 aromatic rings. The van der Waals surface area contributed by atoms with Gasteiger partial charge in [-0.25, -0.2) is 0 Å². The van der Waals surface area contributed by atoms with Gasteiger partial charge in [-0.05, 0) is 35.8 Å². The molecule has 0 unspecified atom stereocenters. The van der Waals surface area contributed by atoms with Crippen LogP contribution in [-0.4, -0.2) is 26.1 Å². The Kier molecular flexibility index (Phi) is 8.64. The molecule has 7 heteroatoms. The molecule has 0 fully saturated rings. The molecule has 0 saturated heterocycles. The third-order valence-corrected chi connectivity index (χ3v) is 4.49. The topological polar surface area (TPSA) is 97.7 Å². The lowest BCUT2D eigenvalue weighted by Gasteiger charge is -2.18. The molecule has 0 radical (unpaired) electrons. The molecule has 0 aromatic heterocycles. The van der Waals surface area contributed by atoms with Gasteiger partial charge in [0.05, 0.1) is 20.3 Å². The van der Waals surface area contributed by atoms with Crippen LogP contribution in [0.5, 0.6) is 17.2 Å². The number of esters is 1. The molecule has 1 atom stereocenters. The van der Waals surface area contributed by atoms with E-state index in [-0.39, 0.29) is 28.9 Å². The number of carbonyl (C=O) groups is 2. The maximum absolute atomic E-state index is 12.8. The lowest BCUT2D eigenvalue weighted by atomic mass is 10.0. The molecule has 31 heavy (non-hydrogen) atoms. The van der Waals surface area contributed by atoms with Gasteiger partial charge < -0.3 is 19.5 Å². The summed E-state index contributed by atoms with van der Waals surface area (Å²) in [6.07, 6.45) is 3.05. The SMILES string of the molecule is CCC[C@H](NC(=O)/C(C#N)=C/c1cc(OC)c(OC(C)=O)c(OC)c1)c1ccccc1. The van der Waals surface area contributed by atoms with Crippen molar-refractivity contribution in [2.45, 2.75) is 32.7 Å². The molecule has 1 N–H and O–H groups in total. The Morgan fingerprint density at radius 3 is 2.23 bits per heavy atom. The van der Waals surface area contributed by atoms with Gasteiger partial charge in [-0.2, -0.15) is 5.26 Å². The number of ether oxygens (including phenoxy) is 3. The summed E-state index contributed by atoms with van der Waals surface area (Å²) in [6.45, 7) is 3.30. The maximum atomic E-state index is 12.8. The highest BCUT2D eigenvalue weighted by Gasteiger charge is 2.19. The smallest absolute Gasteiger partial charge is 0.308 e. The van der Waals surface area contributed by atoms with E-state index in [1.165, 1.54) is 27.2 Å². The van der Waals surface area contributed by atoms with Gasteiger partial charge in [0, 0.05) is 6.92 Å². The first-order chi connectivity index (χ1) is 14.9. The minimum absolute atomic E-state index is 0.0682. The van der Waals surface area contributed by atoms with E-state index in [4.69, 9.17) is 14.2 Å². The second-order valence-electron chi connectivity index (χ2n) is 6.74. The Bertz CT molecular complexity index is 968. The number of amides is 1. The van der Waals surface area contributed by atoms with Gasteiger partial charge in [-0.3, -0.25) is 9.59 Å². The highest BCUT2D eigenvalue weighted by molar-refractivity contribution is 6.02. The van der Waals surface area contributed by atoms with Crippen LogP contribution in [0.25, 0.3) is 6.08 Å². The summed E-state index contributed by atoms with van der Waals surface area (Å²) in [6, 6.07) is 14.5. The fraction of sp³-hybridized carbons (Fsp3) is 0.292. The van der Waals surface area contributed by atoms with Crippen molar-refractivity contribution in [1.29, 1.82) is 5.26 Å². The van der Waals surface area contributed by atoms with Crippen molar-refractivity contribution in [2.24, 2.45) is 0 Å². The third-order valence-electron chi connectivity index (χ3n) is 4.49. The van der Waals surface area contributed by atoms with Crippen molar-refractivity contribution in [3.63, 3.8) is 0 Å². The van der Waals surface area contributed by atoms with Gasteiger partial charge in [0.25, 0.3) is 5.91 Å². The van der Waals surface area contributed by atoms with Crippen LogP contribution in [0.3, 0.4) is 0 Å². The normalized spacial score (nSPS) is 11.8. The summed E-state index contributed by atoms with van der Waals surface area (Å²) in [5.41, 5.74) is 1.40. The van der Waals surface area contributed by atoms with Crippen LogP contribution < -0.4 is 19.5 Å². The number of nitriles is 1. The number of rotatable bonds is 9. The van der Waals surface area contributed by atoms with E-state index in [1.54, 1.807) is 12.1 Å². The first-order valence-corrected chi connectivity index (χ1v) is 9.85. The Balaban J connectivity index is 2.36. The van der Waals surface area contributed by atoms with Gasteiger partial charge in [0.2, 0.25) is 5.75 Å². The number of hydrogen-bond donors (Lipinski definition) is 1. The van der Waals surface area contributed by atoms with Crippen molar-refractivity contribution < 1.29 is 23.8 Å². The van der Waals surface area contributed by atoms with E-state index < -0.39 is 11.9 Å². The molecule has 0 bridgehead atoms. The Morgan fingerprint density at radius 2 is 1.74 bits per heavy atom. The number of nitrogens with zero attached hydrogens (tertiary/aromatic N) is 1. The summed E-state index contributed by atoms with van der Waals surface area (Å²) in [4.78, 5) is 24.2. The average Bonchev–Trinajstić information content (AvgIpc) is 2.77. The average molecular weight is 422 g/mol. The molecule has 2 rings (SSSR count). The van der Waals surface area contributed by atoms with E-state index >= 15 is 0 Å². The Labute approximate surface area is 182 Å². The summed E-state index contributed by atoms with van der Waals surface area (Å²) < 4.78 is 15.7. The van der Waals surface area contributed by atoms with Gasteiger partial charge in [0.15, 0.2) is 11.5 Å². The molecule has 0 saturated carbocycles. The number of methoxy groups -OCH3 is 2. The Morgan fingerprint density at radius 1 is 1.13 bits per heavy atom. The molecule has 162 valence electrons. The lowest BCUT2D eigenvalue weighted by molar-refractivity contribution is -0.132. The maximum Gasteiger partial charge on any atom is 0.308 e. The molecule has 1 amide bonds. The zero-order valence-corrected chi connectivity index (χ0v) is 18.1. The van der Waals surface area contributed by atoms with Crippen LogP contribution >= 0.6 is 0 Å². The van der Waals surface area contributed by atoms with Crippen LogP contribution in [0, 0.1) is 11.3 Å². The zero-order valence-electron chi connectivity index (χ0n) is 18.1. The number of nitrogens with one attached hydrogen (secondary N) is 1. The summed E-state index contributed by atoms with van der Waals surface area (Å²) in [7, 11) is 2.84.